The molecule has 0 bridgehead atoms. The molecule has 0 spiro atoms. The number of ether oxygens (including phenoxy) is 1. The predicted molar refractivity (Wildman–Crippen MR) is 106 cm³/mol. The minimum Gasteiger partial charge on any atom is -0.464 e. The predicted octanol–water partition coefficient (Wildman–Crippen LogP) is 4.36. The van der Waals surface area contributed by atoms with Crippen molar-refractivity contribution in [2.45, 2.75) is 20.0 Å². The van der Waals surface area contributed by atoms with Crippen molar-refractivity contribution >= 4 is 16.9 Å². The second kappa shape index (κ2) is 7.11. The summed E-state index contributed by atoms with van der Waals surface area (Å²) < 4.78 is 8.88. The molecule has 2 aromatic carbocycles. The van der Waals surface area contributed by atoms with Gasteiger partial charge in [-0.25, -0.2) is 4.79 Å². The molecule has 136 valence electrons. The van der Waals surface area contributed by atoms with Gasteiger partial charge in [0, 0.05) is 29.2 Å². The number of aryl methyl sites for hydroxylation is 1. The van der Waals surface area contributed by atoms with Crippen molar-refractivity contribution < 1.29 is 9.53 Å². The Bertz CT molecular complexity index is 1090. The lowest BCUT2D eigenvalue weighted by molar-refractivity contribution is 0.0587. The fourth-order valence-electron chi connectivity index (χ4n) is 3.41. The van der Waals surface area contributed by atoms with Gasteiger partial charge in [-0.3, -0.25) is 4.68 Å². The first-order valence-corrected chi connectivity index (χ1v) is 8.99. The topological polar surface area (TPSA) is 49.0 Å². The number of benzene rings is 2. The SMILES string of the molecule is CCn1cc(-c2cc(C(=O)OC)n(Cc3ccccc3)n2)c2ccccc21. The molecular formula is C22H21N3O2. The summed E-state index contributed by atoms with van der Waals surface area (Å²) in [6.07, 6.45) is 2.10. The van der Waals surface area contributed by atoms with E-state index in [2.05, 4.69) is 29.8 Å². The highest BCUT2D eigenvalue weighted by Crippen LogP contribution is 2.30. The maximum Gasteiger partial charge on any atom is 0.356 e. The van der Waals surface area contributed by atoms with Crippen molar-refractivity contribution in [3.63, 3.8) is 0 Å². The zero-order valence-corrected chi connectivity index (χ0v) is 15.4. The lowest BCUT2D eigenvalue weighted by Crippen LogP contribution is -2.12. The van der Waals surface area contributed by atoms with E-state index in [1.807, 2.05) is 48.5 Å². The molecule has 2 heterocycles. The van der Waals surface area contributed by atoms with Crippen molar-refractivity contribution in [2.24, 2.45) is 0 Å². The molecule has 2 aromatic heterocycles. The van der Waals surface area contributed by atoms with Crippen LogP contribution in [-0.2, 0) is 17.8 Å². The molecule has 5 nitrogen and oxygen atoms in total. The molecule has 0 fully saturated rings. The van der Waals surface area contributed by atoms with Crippen molar-refractivity contribution in [1.82, 2.24) is 14.3 Å². The summed E-state index contributed by atoms with van der Waals surface area (Å²) in [4.78, 5) is 12.3. The number of methoxy groups -OCH3 is 1. The minimum atomic E-state index is -0.385. The molecule has 0 aliphatic heterocycles. The van der Waals surface area contributed by atoms with Crippen molar-refractivity contribution in [1.29, 1.82) is 0 Å². The quantitative estimate of drug-likeness (QED) is 0.498. The van der Waals surface area contributed by atoms with Gasteiger partial charge >= 0.3 is 5.97 Å². The van der Waals surface area contributed by atoms with E-state index in [1.165, 1.54) is 7.11 Å². The average Bonchev–Trinajstić information content (AvgIpc) is 3.29. The zero-order valence-electron chi connectivity index (χ0n) is 15.4. The van der Waals surface area contributed by atoms with E-state index in [0.717, 1.165) is 34.3 Å². The number of carbonyl (C=O) groups excluding carboxylic acids is 1. The van der Waals surface area contributed by atoms with E-state index >= 15 is 0 Å². The third kappa shape index (κ3) is 3.12. The van der Waals surface area contributed by atoms with E-state index in [-0.39, 0.29) is 5.97 Å². The molecule has 0 saturated heterocycles. The second-order valence-electron chi connectivity index (χ2n) is 6.40. The van der Waals surface area contributed by atoms with E-state index < -0.39 is 0 Å². The Morgan fingerprint density at radius 3 is 2.56 bits per heavy atom. The summed E-state index contributed by atoms with van der Waals surface area (Å²) in [5, 5.41) is 5.87. The molecule has 0 unspecified atom stereocenters. The Hall–Kier alpha value is -3.34. The lowest BCUT2D eigenvalue weighted by atomic mass is 10.1. The maximum atomic E-state index is 12.3. The highest BCUT2D eigenvalue weighted by molar-refractivity contribution is 5.97. The van der Waals surface area contributed by atoms with Crippen LogP contribution in [0.1, 0.15) is 23.0 Å². The molecular weight excluding hydrogens is 338 g/mol. The van der Waals surface area contributed by atoms with E-state index in [1.54, 1.807) is 4.68 Å². The third-order valence-corrected chi connectivity index (χ3v) is 4.75. The number of aromatic nitrogens is 3. The molecule has 4 rings (SSSR count). The van der Waals surface area contributed by atoms with Gasteiger partial charge in [0.25, 0.3) is 0 Å². The van der Waals surface area contributed by atoms with Gasteiger partial charge < -0.3 is 9.30 Å². The molecule has 0 atom stereocenters. The Balaban J connectivity index is 1.84. The minimum absolute atomic E-state index is 0.385. The van der Waals surface area contributed by atoms with E-state index in [0.29, 0.717) is 12.2 Å². The number of para-hydroxylation sites is 1. The highest BCUT2D eigenvalue weighted by Gasteiger charge is 2.19. The summed E-state index contributed by atoms with van der Waals surface area (Å²) in [7, 11) is 1.39. The van der Waals surface area contributed by atoms with Crippen LogP contribution in [0, 0.1) is 0 Å². The van der Waals surface area contributed by atoms with Gasteiger partial charge in [0.05, 0.1) is 19.3 Å². The van der Waals surface area contributed by atoms with Crippen LogP contribution >= 0.6 is 0 Å². The summed E-state index contributed by atoms with van der Waals surface area (Å²) in [6, 6.07) is 20.0. The molecule has 27 heavy (non-hydrogen) atoms. The monoisotopic (exact) mass is 359 g/mol. The van der Waals surface area contributed by atoms with Crippen LogP contribution in [0.3, 0.4) is 0 Å². The number of carbonyl (C=O) groups is 1. The number of hydrogen-bond acceptors (Lipinski definition) is 3. The third-order valence-electron chi connectivity index (χ3n) is 4.75. The summed E-state index contributed by atoms with van der Waals surface area (Å²) in [5.74, 6) is -0.385. The highest BCUT2D eigenvalue weighted by atomic mass is 16.5. The Morgan fingerprint density at radius 2 is 1.81 bits per heavy atom. The molecule has 0 aliphatic rings. The van der Waals surface area contributed by atoms with Gasteiger partial charge in [-0.2, -0.15) is 5.10 Å². The molecule has 0 aliphatic carbocycles. The van der Waals surface area contributed by atoms with Gasteiger partial charge in [-0.15, -0.1) is 0 Å². The van der Waals surface area contributed by atoms with Gasteiger partial charge in [0.15, 0.2) is 0 Å². The molecule has 4 aromatic rings. The largest absolute Gasteiger partial charge is 0.464 e. The standard InChI is InChI=1S/C22H21N3O2/c1-3-24-15-18(17-11-7-8-12-20(17)24)19-13-21(22(26)27-2)25(23-19)14-16-9-5-4-6-10-16/h4-13,15H,3,14H2,1-2H3. The van der Waals surface area contributed by atoms with Crippen LogP contribution in [0.25, 0.3) is 22.2 Å². The lowest BCUT2D eigenvalue weighted by Gasteiger charge is -2.05. The number of hydrogen-bond donors (Lipinski definition) is 0. The van der Waals surface area contributed by atoms with Crippen molar-refractivity contribution in [3.05, 3.63) is 78.1 Å². The van der Waals surface area contributed by atoms with Crippen LogP contribution in [-0.4, -0.2) is 27.4 Å². The van der Waals surface area contributed by atoms with Crippen LogP contribution in [0.5, 0.6) is 0 Å². The Kier molecular flexibility index (Phi) is 4.50. The Labute approximate surface area is 157 Å². The average molecular weight is 359 g/mol. The number of nitrogens with zero attached hydrogens (tertiary/aromatic N) is 3. The summed E-state index contributed by atoms with van der Waals surface area (Å²) in [5.41, 5.74) is 4.48. The van der Waals surface area contributed by atoms with Crippen LogP contribution in [0.4, 0.5) is 0 Å². The van der Waals surface area contributed by atoms with Gasteiger partial charge in [-0.1, -0.05) is 48.5 Å². The fourth-order valence-corrected chi connectivity index (χ4v) is 3.41. The maximum absolute atomic E-state index is 12.3. The summed E-state index contributed by atoms with van der Waals surface area (Å²) in [6.45, 7) is 3.50. The van der Waals surface area contributed by atoms with E-state index in [4.69, 9.17) is 9.84 Å². The first-order valence-electron chi connectivity index (χ1n) is 8.99. The van der Waals surface area contributed by atoms with Crippen LogP contribution < -0.4 is 0 Å². The smallest absolute Gasteiger partial charge is 0.356 e. The summed E-state index contributed by atoms with van der Waals surface area (Å²) >= 11 is 0. The van der Waals surface area contributed by atoms with Crippen molar-refractivity contribution in [2.75, 3.05) is 7.11 Å². The number of esters is 1. The fraction of sp³-hybridized carbons (Fsp3) is 0.182. The zero-order chi connectivity index (χ0) is 18.8. The molecule has 0 N–H and O–H groups in total. The molecule has 0 radical (unpaired) electrons. The van der Waals surface area contributed by atoms with E-state index in [9.17, 15) is 4.79 Å². The van der Waals surface area contributed by atoms with Gasteiger partial charge in [0.2, 0.25) is 0 Å². The van der Waals surface area contributed by atoms with Crippen molar-refractivity contribution in [3.8, 4) is 11.3 Å². The number of fused-ring (bicyclic) bond motifs is 1. The second-order valence-corrected chi connectivity index (χ2v) is 6.40. The van der Waals surface area contributed by atoms with Crippen LogP contribution in [0.2, 0.25) is 0 Å². The number of rotatable bonds is 5. The molecule has 0 saturated carbocycles. The first-order chi connectivity index (χ1) is 13.2. The van der Waals surface area contributed by atoms with Gasteiger partial charge in [0.1, 0.15) is 5.69 Å². The Morgan fingerprint density at radius 1 is 1.07 bits per heavy atom. The molecule has 0 amide bonds. The first kappa shape index (κ1) is 17.1. The normalized spacial score (nSPS) is 11.0. The van der Waals surface area contributed by atoms with Crippen LogP contribution in [0.15, 0.2) is 66.9 Å². The molecule has 5 heteroatoms. The van der Waals surface area contributed by atoms with Gasteiger partial charge in [-0.05, 0) is 24.6 Å².